The molecule has 88 valence electrons. The topological polar surface area (TPSA) is 15.3 Å². The zero-order chi connectivity index (χ0) is 11.2. The summed E-state index contributed by atoms with van der Waals surface area (Å²) >= 11 is 0. The second-order valence-electron chi connectivity index (χ2n) is 4.70. The van der Waals surface area contributed by atoms with Crippen LogP contribution in [0.25, 0.3) is 0 Å². The molecule has 0 saturated carbocycles. The molecule has 0 bridgehead atoms. The van der Waals surface area contributed by atoms with Crippen molar-refractivity contribution in [3.05, 3.63) is 29.8 Å². The van der Waals surface area contributed by atoms with Crippen molar-refractivity contribution < 1.29 is 0 Å². The molecule has 0 spiro atoms. The Labute approximate surface area is 98.7 Å². The summed E-state index contributed by atoms with van der Waals surface area (Å²) in [4.78, 5) is 2.56. The van der Waals surface area contributed by atoms with Crippen LogP contribution in [-0.2, 0) is 0 Å². The van der Waals surface area contributed by atoms with E-state index in [9.17, 15) is 0 Å². The summed E-state index contributed by atoms with van der Waals surface area (Å²) < 4.78 is 0. The van der Waals surface area contributed by atoms with Gasteiger partial charge in [0.15, 0.2) is 0 Å². The largest absolute Gasteiger partial charge is 0.384 e. The van der Waals surface area contributed by atoms with Crippen LogP contribution in [0.4, 0.5) is 5.69 Å². The van der Waals surface area contributed by atoms with E-state index in [1.165, 1.54) is 50.1 Å². The minimum absolute atomic E-state index is 1.06. The summed E-state index contributed by atoms with van der Waals surface area (Å²) in [5.74, 6) is 0. The van der Waals surface area contributed by atoms with Gasteiger partial charge in [-0.15, -0.1) is 0 Å². The van der Waals surface area contributed by atoms with Crippen molar-refractivity contribution in [3.63, 3.8) is 0 Å². The van der Waals surface area contributed by atoms with E-state index in [1.807, 2.05) is 0 Å². The molecule has 0 amide bonds. The van der Waals surface area contributed by atoms with Gasteiger partial charge in [0.05, 0.1) is 0 Å². The summed E-state index contributed by atoms with van der Waals surface area (Å²) in [5, 5.41) is 3.48. The average Bonchev–Trinajstić information content (AvgIpc) is 2.33. The number of nitrogens with one attached hydrogen (secondary N) is 1. The highest BCUT2D eigenvalue weighted by atomic mass is 15.1. The van der Waals surface area contributed by atoms with Crippen LogP contribution in [0, 0.1) is 6.92 Å². The van der Waals surface area contributed by atoms with Gasteiger partial charge in [-0.3, -0.25) is 0 Å². The molecule has 0 unspecified atom stereocenters. The van der Waals surface area contributed by atoms with Crippen LogP contribution >= 0.6 is 0 Å². The van der Waals surface area contributed by atoms with Crippen LogP contribution in [0.3, 0.4) is 0 Å². The van der Waals surface area contributed by atoms with Crippen LogP contribution < -0.4 is 5.32 Å². The molecule has 1 N–H and O–H groups in total. The SMILES string of the molecule is Cc1ccc(NCCN2CCCCC2)cc1. The normalized spacial score (nSPS) is 17.3. The monoisotopic (exact) mass is 218 g/mol. The summed E-state index contributed by atoms with van der Waals surface area (Å²) in [6.07, 6.45) is 4.18. The van der Waals surface area contributed by atoms with E-state index in [0.717, 1.165) is 6.54 Å². The Bertz CT molecular complexity index is 299. The first-order valence-electron chi connectivity index (χ1n) is 6.37. The van der Waals surface area contributed by atoms with Crippen LogP contribution in [0.5, 0.6) is 0 Å². The van der Waals surface area contributed by atoms with Crippen molar-refractivity contribution in [2.75, 3.05) is 31.5 Å². The lowest BCUT2D eigenvalue weighted by molar-refractivity contribution is 0.237. The van der Waals surface area contributed by atoms with E-state index in [4.69, 9.17) is 0 Å². The maximum Gasteiger partial charge on any atom is 0.0340 e. The summed E-state index contributed by atoms with van der Waals surface area (Å²) in [6, 6.07) is 8.63. The highest BCUT2D eigenvalue weighted by Gasteiger charge is 2.08. The smallest absolute Gasteiger partial charge is 0.0340 e. The quantitative estimate of drug-likeness (QED) is 0.836. The fourth-order valence-corrected chi connectivity index (χ4v) is 2.21. The summed E-state index contributed by atoms with van der Waals surface area (Å²) in [6.45, 7) is 6.93. The first-order chi connectivity index (χ1) is 7.84. The lowest BCUT2D eigenvalue weighted by Gasteiger charge is -2.26. The molecule has 1 saturated heterocycles. The molecule has 0 atom stereocenters. The molecule has 1 fully saturated rings. The van der Waals surface area contributed by atoms with Crippen molar-refractivity contribution >= 4 is 5.69 Å². The summed E-state index contributed by atoms with van der Waals surface area (Å²) in [5.41, 5.74) is 2.56. The molecule has 1 heterocycles. The van der Waals surface area contributed by atoms with Gasteiger partial charge in [-0.1, -0.05) is 24.1 Å². The number of piperidine rings is 1. The highest BCUT2D eigenvalue weighted by Crippen LogP contribution is 2.10. The minimum Gasteiger partial charge on any atom is -0.384 e. The zero-order valence-corrected chi connectivity index (χ0v) is 10.2. The second-order valence-corrected chi connectivity index (χ2v) is 4.70. The van der Waals surface area contributed by atoms with Gasteiger partial charge in [-0.25, -0.2) is 0 Å². The maximum atomic E-state index is 3.48. The molecule has 1 aliphatic heterocycles. The molecule has 0 radical (unpaired) electrons. The number of hydrogen-bond acceptors (Lipinski definition) is 2. The lowest BCUT2D eigenvalue weighted by atomic mass is 10.1. The molecule has 0 aliphatic carbocycles. The molecular weight excluding hydrogens is 196 g/mol. The number of rotatable bonds is 4. The van der Waals surface area contributed by atoms with Crippen LogP contribution in [0.2, 0.25) is 0 Å². The number of aryl methyl sites for hydroxylation is 1. The Morgan fingerprint density at radius 2 is 1.75 bits per heavy atom. The number of anilines is 1. The minimum atomic E-state index is 1.06. The zero-order valence-electron chi connectivity index (χ0n) is 10.2. The highest BCUT2D eigenvalue weighted by molar-refractivity contribution is 5.44. The third kappa shape index (κ3) is 3.53. The molecule has 16 heavy (non-hydrogen) atoms. The number of likely N-dealkylation sites (tertiary alicyclic amines) is 1. The molecule has 1 aliphatic rings. The van der Waals surface area contributed by atoms with Gasteiger partial charge < -0.3 is 10.2 Å². The van der Waals surface area contributed by atoms with E-state index in [2.05, 4.69) is 41.4 Å². The fraction of sp³-hybridized carbons (Fsp3) is 0.571. The van der Waals surface area contributed by atoms with Gasteiger partial charge in [0.1, 0.15) is 0 Å². The van der Waals surface area contributed by atoms with E-state index < -0.39 is 0 Å². The van der Waals surface area contributed by atoms with Gasteiger partial charge >= 0.3 is 0 Å². The molecular formula is C14H22N2. The van der Waals surface area contributed by atoms with Gasteiger partial charge in [-0.2, -0.15) is 0 Å². The molecule has 2 heteroatoms. The molecule has 0 aromatic heterocycles. The number of nitrogens with zero attached hydrogens (tertiary/aromatic N) is 1. The maximum absolute atomic E-state index is 3.48. The first-order valence-corrected chi connectivity index (χ1v) is 6.37. The standard InChI is InChI=1S/C14H22N2/c1-13-5-7-14(8-6-13)15-9-12-16-10-3-2-4-11-16/h5-8,15H,2-4,9-12H2,1H3. The van der Waals surface area contributed by atoms with Gasteiger partial charge in [0.25, 0.3) is 0 Å². The third-order valence-electron chi connectivity index (χ3n) is 3.26. The van der Waals surface area contributed by atoms with Crippen molar-refractivity contribution in [1.82, 2.24) is 4.90 Å². The predicted molar refractivity (Wildman–Crippen MR) is 70.0 cm³/mol. The summed E-state index contributed by atoms with van der Waals surface area (Å²) in [7, 11) is 0. The molecule has 2 nitrogen and oxygen atoms in total. The van der Waals surface area contributed by atoms with E-state index in [-0.39, 0.29) is 0 Å². The van der Waals surface area contributed by atoms with Crippen molar-refractivity contribution in [1.29, 1.82) is 0 Å². The molecule has 1 aromatic rings. The van der Waals surface area contributed by atoms with E-state index >= 15 is 0 Å². The van der Waals surface area contributed by atoms with Crippen molar-refractivity contribution in [3.8, 4) is 0 Å². The van der Waals surface area contributed by atoms with E-state index in [1.54, 1.807) is 0 Å². The third-order valence-corrected chi connectivity index (χ3v) is 3.26. The van der Waals surface area contributed by atoms with E-state index in [0.29, 0.717) is 0 Å². The van der Waals surface area contributed by atoms with Crippen molar-refractivity contribution in [2.45, 2.75) is 26.2 Å². The number of benzene rings is 1. The average molecular weight is 218 g/mol. The van der Waals surface area contributed by atoms with Crippen LogP contribution in [-0.4, -0.2) is 31.1 Å². The van der Waals surface area contributed by atoms with Gasteiger partial charge in [0.2, 0.25) is 0 Å². The Balaban J connectivity index is 1.69. The second kappa shape index (κ2) is 5.90. The van der Waals surface area contributed by atoms with Gasteiger partial charge in [0, 0.05) is 18.8 Å². The van der Waals surface area contributed by atoms with Crippen molar-refractivity contribution in [2.24, 2.45) is 0 Å². The lowest BCUT2D eigenvalue weighted by Crippen LogP contribution is -2.33. The Hall–Kier alpha value is -1.02. The molecule has 2 rings (SSSR count). The van der Waals surface area contributed by atoms with Crippen LogP contribution in [0.1, 0.15) is 24.8 Å². The fourth-order valence-electron chi connectivity index (χ4n) is 2.21. The van der Waals surface area contributed by atoms with Gasteiger partial charge in [-0.05, 0) is 45.0 Å². The molecule has 1 aromatic carbocycles. The number of hydrogen-bond donors (Lipinski definition) is 1. The first kappa shape index (κ1) is 11.5. The Morgan fingerprint density at radius 1 is 1.06 bits per heavy atom. The predicted octanol–water partition coefficient (Wildman–Crippen LogP) is 2.89. The Morgan fingerprint density at radius 3 is 2.44 bits per heavy atom. The Kier molecular flexibility index (Phi) is 4.23. The van der Waals surface area contributed by atoms with Crippen LogP contribution in [0.15, 0.2) is 24.3 Å².